The topological polar surface area (TPSA) is 37.3 Å². The SMILES string of the molecule is O=C(O)/C=C/c1c(C(F)(F)F)ccc(Cl)c1F. The van der Waals surface area contributed by atoms with Gasteiger partial charge in [0.1, 0.15) is 5.82 Å². The molecular weight excluding hydrogens is 264 g/mol. The number of hydrogen-bond acceptors (Lipinski definition) is 1. The minimum atomic E-state index is -4.79. The van der Waals surface area contributed by atoms with Gasteiger partial charge in [-0.1, -0.05) is 11.6 Å². The molecule has 0 aliphatic rings. The molecule has 1 aromatic carbocycles. The summed E-state index contributed by atoms with van der Waals surface area (Å²) in [5.74, 6) is -2.79. The second kappa shape index (κ2) is 4.75. The first kappa shape index (κ1) is 13.5. The van der Waals surface area contributed by atoms with E-state index >= 15 is 0 Å². The molecule has 0 radical (unpaired) electrons. The van der Waals surface area contributed by atoms with Crippen molar-refractivity contribution in [3.8, 4) is 0 Å². The Kier molecular flexibility index (Phi) is 3.77. The first-order chi connectivity index (χ1) is 7.73. The molecule has 1 N–H and O–H groups in total. The lowest BCUT2D eigenvalue weighted by molar-refractivity contribution is -0.138. The zero-order chi connectivity index (χ0) is 13.2. The fourth-order valence-corrected chi connectivity index (χ4v) is 1.30. The summed E-state index contributed by atoms with van der Waals surface area (Å²) >= 11 is 5.33. The van der Waals surface area contributed by atoms with Crippen LogP contribution in [-0.2, 0) is 11.0 Å². The third-order valence-corrected chi connectivity index (χ3v) is 2.12. The third kappa shape index (κ3) is 3.20. The van der Waals surface area contributed by atoms with Crippen LogP contribution in [0.15, 0.2) is 18.2 Å². The first-order valence-corrected chi connectivity index (χ1v) is 4.57. The van der Waals surface area contributed by atoms with Gasteiger partial charge in [-0.25, -0.2) is 9.18 Å². The molecule has 2 nitrogen and oxygen atoms in total. The molecule has 92 valence electrons. The number of rotatable bonds is 2. The van der Waals surface area contributed by atoms with Gasteiger partial charge in [0.2, 0.25) is 0 Å². The first-order valence-electron chi connectivity index (χ1n) is 4.19. The molecule has 0 amide bonds. The zero-order valence-corrected chi connectivity index (χ0v) is 8.81. The molecule has 0 heterocycles. The lowest BCUT2D eigenvalue weighted by atomic mass is 10.1. The van der Waals surface area contributed by atoms with Crippen molar-refractivity contribution >= 4 is 23.6 Å². The fraction of sp³-hybridized carbons (Fsp3) is 0.100. The van der Waals surface area contributed by atoms with Gasteiger partial charge in [0.05, 0.1) is 10.6 Å². The van der Waals surface area contributed by atoms with Crippen LogP contribution in [-0.4, -0.2) is 11.1 Å². The minimum Gasteiger partial charge on any atom is -0.478 e. The Morgan fingerprint density at radius 3 is 2.41 bits per heavy atom. The maximum absolute atomic E-state index is 13.4. The molecule has 0 saturated carbocycles. The van der Waals surface area contributed by atoms with Crippen LogP contribution in [0, 0.1) is 5.82 Å². The Balaban J connectivity index is 3.42. The zero-order valence-electron chi connectivity index (χ0n) is 8.05. The highest BCUT2D eigenvalue weighted by molar-refractivity contribution is 6.30. The summed E-state index contributed by atoms with van der Waals surface area (Å²) in [5, 5.41) is 7.79. The predicted molar refractivity (Wildman–Crippen MR) is 53.1 cm³/mol. The Hall–Kier alpha value is -1.56. The normalized spacial score (nSPS) is 12.1. The van der Waals surface area contributed by atoms with Crippen molar-refractivity contribution in [3.63, 3.8) is 0 Å². The van der Waals surface area contributed by atoms with E-state index in [-0.39, 0.29) is 0 Å². The summed E-state index contributed by atoms with van der Waals surface area (Å²) < 4.78 is 50.8. The van der Waals surface area contributed by atoms with Crippen LogP contribution in [0.3, 0.4) is 0 Å². The largest absolute Gasteiger partial charge is 0.478 e. The summed E-state index contributed by atoms with van der Waals surface area (Å²) in [6, 6.07) is 1.35. The number of benzene rings is 1. The van der Waals surface area contributed by atoms with Gasteiger partial charge < -0.3 is 5.11 Å². The average molecular weight is 269 g/mol. The molecule has 0 spiro atoms. The van der Waals surface area contributed by atoms with Crippen LogP contribution in [0.2, 0.25) is 5.02 Å². The van der Waals surface area contributed by atoms with Crippen LogP contribution < -0.4 is 0 Å². The maximum atomic E-state index is 13.4. The van der Waals surface area contributed by atoms with Gasteiger partial charge >= 0.3 is 12.1 Å². The molecule has 0 fully saturated rings. The van der Waals surface area contributed by atoms with Gasteiger partial charge in [-0.15, -0.1) is 0 Å². The molecule has 1 rings (SSSR count). The second-order valence-corrected chi connectivity index (χ2v) is 3.40. The second-order valence-electron chi connectivity index (χ2n) is 2.99. The molecule has 7 heteroatoms. The molecule has 0 aromatic heterocycles. The Morgan fingerprint density at radius 2 is 1.94 bits per heavy atom. The van der Waals surface area contributed by atoms with E-state index in [1.807, 2.05) is 0 Å². The Labute approximate surface area is 98.1 Å². The summed E-state index contributed by atoms with van der Waals surface area (Å²) in [6.07, 6.45) is -3.86. The van der Waals surface area contributed by atoms with E-state index in [9.17, 15) is 22.4 Å². The predicted octanol–water partition coefficient (Wildman–Crippen LogP) is 3.60. The molecule has 0 saturated heterocycles. The van der Waals surface area contributed by atoms with E-state index in [0.29, 0.717) is 18.2 Å². The molecule has 0 atom stereocenters. The summed E-state index contributed by atoms with van der Waals surface area (Å²) in [4.78, 5) is 10.2. The van der Waals surface area contributed by atoms with E-state index < -0.39 is 34.1 Å². The van der Waals surface area contributed by atoms with E-state index in [2.05, 4.69) is 0 Å². The molecular formula is C10H5ClF4O2. The highest BCUT2D eigenvalue weighted by Crippen LogP contribution is 2.35. The van der Waals surface area contributed by atoms with Gasteiger partial charge in [-0.2, -0.15) is 13.2 Å². The Bertz CT molecular complexity index is 480. The summed E-state index contributed by atoms with van der Waals surface area (Å²) in [7, 11) is 0. The molecule has 0 unspecified atom stereocenters. The van der Waals surface area contributed by atoms with Gasteiger partial charge in [-0.05, 0) is 18.2 Å². The quantitative estimate of drug-likeness (QED) is 0.657. The highest BCUT2D eigenvalue weighted by Gasteiger charge is 2.34. The van der Waals surface area contributed by atoms with Crippen molar-refractivity contribution in [2.45, 2.75) is 6.18 Å². The molecule has 17 heavy (non-hydrogen) atoms. The van der Waals surface area contributed by atoms with E-state index in [0.717, 1.165) is 6.07 Å². The van der Waals surface area contributed by atoms with Crippen molar-refractivity contribution < 1.29 is 27.5 Å². The number of aliphatic carboxylic acids is 1. The number of hydrogen-bond donors (Lipinski definition) is 1. The lowest BCUT2D eigenvalue weighted by Gasteiger charge is -2.11. The van der Waals surface area contributed by atoms with Crippen molar-refractivity contribution in [1.29, 1.82) is 0 Å². The number of alkyl halides is 3. The van der Waals surface area contributed by atoms with Crippen molar-refractivity contribution in [1.82, 2.24) is 0 Å². The summed E-state index contributed by atoms with van der Waals surface area (Å²) in [6.45, 7) is 0. The van der Waals surface area contributed by atoms with E-state index in [4.69, 9.17) is 16.7 Å². The average Bonchev–Trinajstić information content (AvgIpc) is 2.18. The van der Waals surface area contributed by atoms with Gasteiger partial charge in [0.25, 0.3) is 0 Å². The standard InChI is InChI=1S/C10H5ClF4O2/c11-7-3-2-6(10(13,14)15)5(9(7)12)1-4-8(16)17/h1-4H,(H,16,17)/b4-1+. The number of carbonyl (C=O) groups is 1. The van der Waals surface area contributed by atoms with Crippen LogP contribution in [0.25, 0.3) is 6.08 Å². The van der Waals surface area contributed by atoms with Crippen LogP contribution in [0.1, 0.15) is 11.1 Å². The molecule has 0 aliphatic carbocycles. The monoisotopic (exact) mass is 268 g/mol. The van der Waals surface area contributed by atoms with Crippen molar-refractivity contribution in [2.24, 2.45) is 0 Å². The number of carboxylic acids is 1. The van der Waals surface area contributed by atoms with Crippen LogP contribution in [0.4, 0.5) is 17.6 Å². The van der Waals surface area contributed by atoms with Crippen LogP contribution >= 0.6 is 11.6 Å². The van der Waals surface area contributed by atoms with Gasteiger partial charge in [0.15, 0.2) is 0 Å². The molecule has 0 bridgehead atoms. The van der Waals surface area contributed by atoms with Crippen molar-refractivity contribution in [3.05, 3.63) is 40.2 Å². The maximum Gasteiger partial charge on any atom is 0.417 e. The number of carboxylic acid groups (broad SMARTS) is 1. The van der Waals surface area contributed by atoms with Crippen molar-refractivity contribution in [2.75, 3.05) is 0 Å². The lowest BCUT2D eigenvalue weighted by Crippen LogP contribution is -2.09. The van der Waals surface area contributed by atoms with Crippen LogP contribution in [0.5, 0.6) is 0 Å². The minimum absolute atomic E-state index is 0.407. The number of halogens is 5. The van der Waals surface area contributed by atoms with Gasteiger partial charge in [-0.3, -0.25) is 0 Å². The summed E-state index contributed by atoms with van der Waals surface area (Å²) in [5.41, 5.74) is -2.18. The highest BCUT2D eigenvalue weighted by atomic mass is 35.5. The Morgan fingerprint density at radius 1 is 1.35 bits per heavy atom. The molecule has 1 aromatic rings. The van der Waals surface area contributed by atoms with Gasteiger partial charge in [0, 0.05) is 11.6 Å². The van der Waals surface area contributed by atoms with E-state index in [1.165, 1.54) is 0 Å². The fourth-order valence-electron chi connectivity index (χ4n) is 1.13. The van der Waals surface area contributed by atoms with E-state index in [1.54, 1.807) is 0 Å². The third-order valence-electron chi connectivity index (χ3n) is 1.83. The molecule has 0 aliphatic heterocycles. The smallest absolute Gasteiger partial charge is 0.417 e.